The van der Waals surface area contributed by atoms with Crippen LogP contribution in [-0.2, 0) is 0 Å². The third kappa shape index (κ3) is 3.34. The van der Waals surface area contributed by atoms with Gasteiger partial charge in [-0.3, -0.25) is 0 Å². The molecule has 8 atom stereocenters. The van der Waals surface area contributed by atoms with Gasteiger partial charge < -0.3 is 5.11 Å². The lowest BCUT2D eigenvalue weighted by Gasteiger charge is -2.58. The van der Waals surface area contributed by atoms with Gasteiger partial charge >= 0.3 is 0 Å². The van der Waals surface area contributed by atoms with Crippen LogP contribution in [0.3, 0.4) is 0 Å². The monoisotopic (exact) mass is 384 g/mol. The van der Waals surface area contributed by atoms with E-state index in [0.717, 1.165) is 48.3 Å². The van der Waals surface area contributed by atoms with Crippen LogP contribution in [0.5, 0.6) is 0 Å². The summed E-state index contributed by atoms with van der Waals surface area (Å²) in [4.78, 5) is 0. The van der Waals surface area contributed by atoms with Crippen LogP contribution < -0.4 is 0 Å². The standard InChI is InChI=1S/C27H44O/c1-18(2)7-6-8-19(3)23-11-12-24-22-10-9-20-17-21(28)13-15-26(20,4)25(22)14-16-27(23,24)5/h6,8-9,18-19,21-25,28H,7,10-17H2,1-5H3/b8-6-/t19-,21?,22+,23-,24+,25+,26+,27-/m1/s1. The molecule has 0 saturated heterocycles. The molecule has 1 unspecified atom stereocenters. The summed E-state index contributed by atoms with van der Waals surface area (Å²) in [6, 6.07) is 0. The maximum atomic E-state index is 10.2. The van der Waals surface area contributed by atoms with Gasteiger partial charge in [-0.2, -0.15) is 0 Å². The minimum Gasteiger partial charge on any atom is -0.393 e. The molecule has 1 nitrogen and oxygen atoms in total. The number of rotatable bonds is 4. The van der Waals surface area contributed by atoms with E-state index in [9.17, 15) is 5.11 Å². The number of allylic oxidation sites excluding steroid dienone is 3. The van der Waals surface area contributed by atoms with E-state index in [1.807, 2.05) is 0 Å². The van der Waals surface area contributed by atoms with Crippen LogP contribution in [0.25, 0.3) is 0 Å². The number of hydrogen-bond acceptors (Lipinski definition) is 1. The van der Waals surface area contributed by atoms with Gasteiger partial charge in [0, 0.05) is 0 Å². The smallest absolute Gasteiger partial charge is 0.0577 e. The minimum absolute atomic E-state index is 0.0842. The largest absolute Gasteiger partial charge is 0.393 e. The molecule has 1 heteroatoms. The maximum absolute atomic E-state index is 10.2. The van der Waals surface area contributed by atoms with Gasteiger partial charge in [0.1, 0.15) is 0 Å². The van der Waals surface area contributed by atoms with Gasteiger partial charge in [0.2, 0.25) is 0 Å². The summed E-state index contributed by atoms with van der Waals surface area (Å²) in [5.41, 5.74) is 2.53. The van der Waals surface area contributed by atoms with E-state index in [0.29, 0.717) is 10.8 Å². The van der Waals surface area contributed by atoms with Crippen molar-refractivity contribution >= 4 is 0 Å². The number of fused-ring (bicyclic) bond motifs is 5. The fraction of sp³-hybridized carbons (Fsp3) is 0.852. The van der Waals surface area contributed by atoms with E-state index in [4.69, 9.17) is 0 Å². The zero-order valence-electron chi connectivity index (χ0n) is 19.1. The lowest BCUT2D eigenvalue weighted by Crippen LogP contribution is -2.50. The number of aliphatic hydroxyl groups is 1. The molecule has 0 heterocycles. The highest BCUT2D eigenvalue weighted by molar-refractivity contribution is 5.25. The average Bonchev–Trinajstić information content (AvgIpc) is 2.99. The summed E-state index contributed by atoms with van der Waals surface area (Å²) in [6.45, 7) is 12.3. The Bertz CT molecular complexity index is 630. The van der Waals surface area contributed by atoms with Gasteiger partial charge in [0.15, 0.2) is 0 Å². The molecule has 4 rings (SSSR count). The molecule has 0 spiro atoms. The Morgan fingerprint density at radius 1 is 1.07 bits per heavy atom. The van der Waals surface area contributed by atoms with Crippen molar-refractivity contribution < 1.29 is 5.11 Å². The van der Waals surface area contributed by atoms with Crippen LogP contribution in [0.2, 0.25) is 0 Å². The van der Waals surface area contributed by atoms with Gasteiger partial charge in [-0.15, -0.1) is 0 Å². The Hall–Kier alpha value is -0.560. The van der Waals surface area contributed by atoms with Crippen molar-refractivity contribution in [2.75, 3.05) is 0 Å². The molecule has 0 bridgehead atoms. The topological polar surface area (TPSA) is 20.2 Å². The molecule has 4 aliphatic rings. The first-order valence-electron chi connectivity index (χ1n) is 12.3. The molecule has 0 aromatic carbocycles. The fourth-order valence-corrected chi connectivity index (χ4v) is 8.25. The van der Waals surface area contributed by atoms with E-state index in [2.05, 4.69) is 52.8 Å². The van der Waals surface area contributed by atoms with Gasteiger partial charge in [-0.05, 0) is 104 Å². The van der Waals surface area contributed by atoms with E-state index in [-0.39, 0.29) is 6.10 Å². The molecule has 0 aromatic rings. The van der Waals surface area contributed by atoms with Crippen LogP contribution in [-0.4, -0.2) is 11.2 Å². The van der Waals surface area contributed by atoms with E-state index < -0.39 is 0 Å². The Labute approximate surface area is 174 Å². The first-order valence-corrected chi connectivity index (χ1v) is 12.3. The van der Waals surface area contributed by atoms with E-state index in [1.165, 1.54) is 44.9 Å². The minimum atomic E-state index is -0.0842. The van der Waals surface area contributed by atoms with Crippen LogP contribution >= 0.6 is 0 Å². The Morgan fingerprint density at radius 3 is 2.61 bits per heavy atom. The summed E-state index contributed by atoms with van der Waals surface area (Å²) in [5, 5.41) is 10.2. The van der Waals surface area contributed by atoms with Crippen molar-refractivity contribution in [1.29, 1.82) is 0 Å². The molecule has 0 aliphatic heterocycles. The zero-order chi connectivity index (χ0) is 20.1. The molecule has 0 amide bonds. The first-order chi connectivity index (χ1) is 13.3. The molecular formula is C27H44O. The maximum Gasteiger partial charge on any atom is 0.0577 e. The average molecular weight is 385 g/mol. The van der Waals surface area contributed by atoms with E-state index >= 15 is 0 Å². The van der Waals surface area contributed by atoms with Crippen molar-refractivity contribution in [1.82, 2.24) is 0 Å². The van der Waals surface area contributed by atoms with Crippen LogP contribution in [0.1, 0.15) is 92.4 Å². The lowest BCUT2D eigenvalue weighted by atomic mass is 9.47. The highest BCUT2D eigenvalue weighted by Gasteiger charge is 2.58. The Kier molecular flexibility index (Phi) is 5.62. The van der Waals surface area contributed by atoms with Crippen molar-refractivity contribution in [3.8, 4) is 0 Å². The molecule has 0 radical (unpaired) electrons. The molecular weight excluding hydrogens is 340 g/mol. The van der Waals surface area contributed by atoms with Crippen LogP contribution in [0, 0.1) is 46.3 Å². The summed E-state index contributed by atoms with van der Waals surface area (Å²) < 4.78 is 0. The number of aliphatic hydroxyl groups excluding tert-OH is 1. The first kappa shape index (κ1) is 20.7. The third-order valence-corrected chi connectivity index (χ3v) is 9.83. The number of hydrogen-bond donors (Lipinski definition) is 1. The molecule has 4 aliphatic carbocycles. The van der Waals surface area contributed by atoms with Gasteiger partial charge in [-0.25, -0.2) is 0 Å². The second-order valence-electron chi connectivity index (χ2n) is 11.8. The third-order valence-electron chi connectivity index (χ3n) is 9.83. The SMILES string of the molecule is CC(C)C/C=C\[C@@H](C)[C@H]1CC[C@H]2[C@@H]3CC=C4CC(O)CC[C@]4(C)[C@H]3CC[C@]12C. The second-order valence-corrected chi connectivity index (χ2v) is 11.8. The quantitative estimate of drug-likeness (QED) is 0.510. The Balaban J connectivity index is 1.53. The highest BCUT2D eigenvalue weighted by Crippen LogP contribution is 2.67. The normalized spacial score (nSPS) is 46.8. The Morgan fingerprint density at radius 2 is 1.86 bits per heavy atom. The van der Waals surface area contributed by atoms with E-state index in [1.54, 1.807) is 5.57 Å². The highest BCUT2D eigenvalue weighted by atomic mass is 16.3. The fourth-order valence-electron chi connectivity index (χ4n) is 8.25. The van der Waals surface area contributed by atoms with Crippen molar-refractivity contribution in [2.24, 2.45) is 46.3 Å². The van der Waals surface area contributed by atoms with Gasteiger partial charge in [-0.1, -0.05) is 58.4 Å². The predicted molar refractivity (Wildman–Crippen MR) is 119 cm³/mol. The molecule has 3 fully saturated rings. The van der Waals surface area contributed by atoms with Crippen LogP contribution in [0.4, 0.5) is 0 Å². The van der Waals surface area contributed by atoms with Gasteiger partial charge in [0.05, 0.1) is 6.10 Å². The van der Waals surface area contributed by atoms with Crippen molar-refractivity contribution in [3.63, 3.8) is 0 Å². The molecule has 1 N–H and O–H groups in total. The van der Waals surface area contributed by atoms with Gasteiger partial charge in [0.25, 0.3) is 0 Å². The van der Waals surface area contributed by atoms with Crippen LogP contribution in [0.15, 0.2) is 23.8 Å². The van der Waals surface area contributed by atoms with Crippen molar-refractivity contribution in [3.05, 3.63) is 23.8 Å². The summed E-state index contributed by atoms with van der Waals surface area (Å²) in [7, 11) is 0. The summed E-state index contributed by atoms with van der Waals surface area (Å²) in [5.74, 6) is 5.03. The summed E-state index contributed by atoms with van der Waals surface area (Å²) in [6.07, 6.45) is 18.9. The predicted octanol–water partition coefficient (Wildman–Crippen LogP) is 7.16. The molecule has 28 heavy (non-hydrogen) atoms. The summed E-state index contributed by atoms with van der Waals surface area (Å²) >= 11 is 0. The molecule has 0 aromatic heterocycles. The molecule has 158 valence electrons. The second kappa shape index (κ2) is 7.60. The molecule has 3 saturated carbocycles. The zero-order valence-corrected chi connectivity index (χ0v) is 19.1. The van der Waals surface area contributed by atoms with Crippen molar-refractivity contribution in [2.45, 2.75) is 98.5 Å². The lowest BCUT2D eigenvalue weighted by molar-refractivity contribution is -0.0540.